The SMILES string of the molecule is O=C(c1ccc(N2CCCCC2)cc1)N1CC[C@@H](Oc2ccc(Cl)cc2)[C@H](O)C1. The summed E-state index contributed by atoms with van der Waals surface area (Å²) in [4.78, 5) is 17.0. The van der Waals surface area contributed by atoms with Crippen LogP contribution in [0.15, 0.2) is 48.5 Å². The molecule has 0 spiro atoms. The van der Waals surface area contributed by atoms with Crippen molar-refractivity contribution in [2.24, 2.45) is 0 Å². The molecule has 2 fully saturated rings. The number of rotatable bonds is 4. The number of piperidine rings is 2. The molecule has 2 aliphatic rings. The maximum Gasteiger partial charge on any atom is 0.253 e. The molecular formula is C23H27ClN2O3. The molecule has 4 rings (SSSR count). The van der Waals surface area contributed by atoms with Gasteiger partial charge in [0.05, 0.1) is 6.54 Å². The van der Waals surface area contributed by atoms with Gasteiger partial charge in [0.1, 0.15) is 18.0 Å². The monoisotopic (exact) mass is 414 g/mol. The fourth-order valence-corrected chi connectivity index (χ4v) is 4.20. The lowest BCUT2D eigenvalue weighted by Crippen LogP contribution is -2.51. The van der Waals surface area contributed by atoms with Crippen molar-refractivity contribution in [2.75, 3.05) is 31.1 Å². The topological polar surface area (TPSA) is 53.0 Å². The second kappa shape index (κ2) is 9.06. The third-order valence-electron chi connectivity index (χ3n) is 5.74. The molecule has 6 heteroatoms. The van der Waals surface area contributed by atoms with Crippen LogP contribution in [0.2, 0.25) is 5.02 Å². The fourth-order valence-electron chi connectivity index (χ4n) is 4.07. The highest BCUT2D eigenvalue weighted by Crippen LogP contribution is 2.24. The number of likely N-dealkylation sites (tertiary alicyclic amines) is 1. The van der Waals surface area contributed by atoms with E-state index in [4.69, 9.17) is 16.3 Å². The number of ether oxygens (including phenoxy) is 1. The van der Waals surface area contributed by atoms with E-state index in [1.165, 1.54) is 24.9 Å². The number of carbonyl (C=O) groups is 1. The third-order valence-corrected chi connectivity index (χ3v) is 6.00. The Bertz CT molecular complexity index is 819. The minimum Gasteiger partial charge on any atom is -0.488 e. The summed E-state index contributed by atoms with van der Waals surface area (Å²) in [5, 5.41) is 11.2. The first kappa shape index (κ1) is 20.0. The zero-order chi connectivity index (χ0) is 20.2. The second-order valence-electron chi connectivity index (χ2n) is 7.81. The van der Waals surface area contributed by atoms with Gasteiger partial charge in [-0.15, -0.1) is 0 Å². The molecule has 0 aromatic heterocycles. The van der Waals surface area contributed by atoms with Crippen molar-refractivity contribution < 1.29 is 14.6 Å². The van der Waals surface area contributed by atoms with Gasteiger partial charge in [-0.3, -0.25) is 4.79 Å². The van der Waals surface area contributed by atoms with Crippen LogP contribution in [0.4, 0.5) is 5.69 Å². The van der Waals surface area contributed by atoms with Gasteiger partial charge in [-0.25, -0.2) is 0 Å². The number of aliphatic hydroxyl groups is 1. The van der Waals surface area contributed by atoms with Gasteiger partial charge in [0.25, 0.3) is 5.91 Å². The highest BCUT2D eigenvalue weighted by Gasteiger charge is 2.32. The second-order valence-corrected chi connectivity index (χ2v) is 8.25. The molecule has 2 aromatic carbocycles. The van der Waals surface area contributed by atoms with Crippen LogP contribution in [0, 0.1) is 0 Å². The number of β-amino-alcohol motifs (C(OH)–C–C–N with tert-alkyl or cyclic N) is 1. The minimum absolute atomic E-state index is 0.0424. The van der Waals surface area contributed by atoms with Crippen LogP contribution in [0.3, 0.4) is 0 Å². The summed E-state index contributed by atoms with van der Waals surface area (Å²) in [5.74, 6) is 0.630. The minimum atomic E-state index is -0.726. The Morgan fingerprint density at radius 2 is 1.66 bits per heavy atom. The highest BCUT2D eigenvalue weighted by molar-refractivity contribution is 6.30. The maximum atomic E-state index is 12.9. The van der Waals surface area contributed by atoms with Gasteiger partial charge in [0.15, 0.2) is 0 Å². The van der Waals surface area contributed by atoms with Crippen LogP contribution >= 0.6 is 11.6 Å². The van der Waals surface area contributed by atoms with Crippen LogP contribution in [0.5, 0.6) is 5.75 Å². The Morgan fingerprint density at radius 3 is 2.31 bits per heavy atom. The van der Waals surface area contributed by atoms with Crippen molar-refractivity contribution in [3.63, 3.8) is 0 Å². The molecule has 2 heterocycles. The largest absolute Gasteiger partial charge is 0.488 e. The number of nitrogens with zero attached hydrogens (tertiary/aromatic N) is 2. The van der Waals surface area contributed by atoms with E-state index in [-0.39, 0.29) is 18.6 Å². The first-order valence-electron chi connectivity index (χ1n) is 10.3. The quantitative estimate of drug-likeness (QED) is 0.822. The van der Waals surface area contributed by atoms with E-state index in [2.05, 4.69) is 4.90 Å². The van der Waals surface area contributed by atoms with Gasteiger partial charge in [-0.2, -0.15) is 0 Å². The van der Waals surface area contributed by atoms with Gasteiger partial charge >= 0.3 is 0 Å². The average Bonchev–Trinajstić information content (AvgIpc) is 2.77. The summed E-state index contributed by atoms with van der Waals surface area (Å²) < 4.78 is 5.89. The van der Waals surface area contributed by atoms with Gasteiger partial charge in [0, 0.05) is 42.3 Å². The molecule has 2 saturated heterocycles. The summed E-state index contributed by atoms with van der Waals surface area (Å²) in [6, 6.07) is 15.0. The molecule has 2 atom stereocenters. The van der Waals surface area contributed by atoms with Crippen molar-refractivity contribution in [1.82, 2.24) is 4.90 Å². The van der Waals surface area contributed by atoms with Gasteiger partial charge in [-0.1, -0.05) is 11.6 Å². The van der Waals surface area contributed by atoms with Crippen molar-refractivity contribution >= 4 is 23.2 Å². The molecule has 1 amide bonds. The lowest BCUT2D eigenvalue weighted by Gasteiger charge is -2.36. The zero-order valence-electron chi connectivity index (χ0n) is 16.5. The zero-order valence-corrected chi connectivity index (χ0v) is 17.2. The van der Waals surface area contributed by atoms with Crippen LogP contribution in [0.25, 0.3) is 0 Å². The Hall–Kier alpha value is -2.24. The number of hydrogen-bond donors (Lipinski definition) is 1. The van der Waals surface area contributed by atoms with Crippen LogP contribution in [-0.2, 0) is 0 Å². The van der Waals surface area contributed by atoms with Crippen molar-refractivity contribution in [3.05, 3.63) is 59.1 Å². The third kappa shape index (κ3) is 4.85. The molecule has 0 radical (unpaired) electrons. The van der Waals surface area contributed by atoms with Gasteiger partial charge in [0.2, 0.25) is 0 Å². The summed E-state index contributed by atoms with van der Waals surface area (Å²) in [5.41, 5.74) is 1.84. The summed E-state index contributed by atoms with van der Waals surface area (Å²) in [6.07, 6.45) is 3.28. The van der Waals surface area contributed by atoms with Crippen LogP contribution in [-0.4, -0.2) is 54.3 Å². The van der Waals surface area contributed by atoms with Crippen molar-refractivity contribution in [3.8, 4) is 5.75 Å². The lowest BCUT2D eigenvalue weighted by atomic mass is 10.0. The Labute approximate surface area is 176 Å². The number of benzene rings is 2. The predicted octanol–water partition coefficient (Wildman–Crippen LogP) is 3.98. The normalized spacial score (nSPS) is 22.4. The molecule has 5 nitrogen and oxygen atoms in total. The predicted molar refractivity (Wildman–Crippen MR) is 115 cm³/mol. The number of carbonyl (C=O) groups excluding carboxylic acids is 1. The molecule has 1 N–H and O–H groups in total. The summed E-state index contributed by atoms with van der Waals surface area (Å²) in [7, 11) is 0. The van der Waals surface area contributed by atoms with E-state index in [0.717, 1.165) is 13.1 Å². The smallest absolute Gasteiger partial charge is 0.253 e. The molecule has 0 aliphatic carbocycles. The summed E-state index contributed by atoms with van der Waals surface area (Å²) >= 11 is 5.90. The van der Waals surface area contributed by atoms with Gasteiger partial charge < -0.3 is 19.6 Å². The van der Waals surface area contributed by atoms with E-state index in [9.17, 15) is 9.90 Å². The highest BCUT2D eigenvalue weighted by atomic mass is 35.5. The van der Waals surface area contributed by atoms with E-state index < -0.39 is 6.10 Å². The molecule has 2 aliphatic heterocycles. The van der Waals surface area contributed by atoms with Crippen LogP contribution < -0.4 is 9.64 Å². The first-order chi connectivity index (χ1) is 14.1. The molecule has 29 heavy (non-hydrogen) atoms. The number of aliphatic hydroxyl groups excluding tert-OH is 1. The molecule has 154 valence electrons. The number of anilines is 1. The molecular weight excluding hydrogens is 388 g/mol. The Morgan fingerprint density at radius 1 is 0.966 bits per heavy atom. The van der Waals surface area contributed by atoms with E-state index in [0.29, 0.717) is 29.3 Å². The van der Waals surface area contributed by atoms with Crippen molar-refractivity contribution in [1.29, 1.82) is 0 Å². The lowest BCUT2D eigenvalue weighted by molar-refractivity contribution is -0.0198. The van der Waals surface area contributed by atoms with Crippen molar-refractivity contribution in [2.45, 2.75) is 37.9 Å². The number of halogens is 1. The Kier molecular flexibility index (Phi) is 6.26. The Balaban J connectivity index is 1.34. The number of amides is 1. The molecule has 0 unspecified atom stereocenters. The van der Waals surface area contributed by atoms with E-state index in [1.807, 2.05) is 24.3 Å². The maximum absolute atomic E-state index is 12.9. The molecule has 0 saturated carbocycles. The standard InChI is InChI=1S/C23H27ClN2O3/c24-18-6-10-20(11-7-18)29-22-12-15-26(16-21(22)27)23(28)17-4-8-19(9-5-17)25-13-2-1-3-14-25/h4-11,21-22,27H,1-3,12-16H2/t21-,22-/m1/s1. The summed E-state index contributed by atoms with van der Waals surface area (Å²) in [6.45, 7) is 2.99. The van der Waals surface area contributed by atoms with E-state index in [1.54, 1.807) is 29.2 Å². The first-order valence-corrected chi connectivity index (χ1v) is 10.7. The van der Waals surface area contributed by atoms with Crippen LogP contribution in [0.1, 0.15) is 36.0 Å². The van der Waals surface area contributed by atoms with Gasteiger partial charge in [-0.05, 0) is 67.8 Å². The number of hydrogen-bond acceptors (Lipinski definition) is 4. The molecule has 2 aromatic rings. The van der Waals surface area contributed by atoms with E-state index >= 15 is 0 Å². The fraction of sp³-hybridized carbons (Fsp3) is 0.435. The average molecular weight is 415 g/mol. The molecule has 0 bridgehead atoms.